The van der Waals surface area contributed by atoms with Crippen LogP contribution in [-0.2, 0) is 0 Å². The Morgan fingerprint density at radius 2 is 1.62 bits per heavy atom. The first-order valence-corrected chi connectivity index (χ1v) is 6.82. The Balaban J connectivity index is 1.99. The van der Waals surface area contributed by atoms with Crippen molar-refractivity contribution < 1.29 is 23.4 Å². The Morgan fingerprint density at radius 1 is 1.10 bits per heavy atom. The number of hydrogen-bond acceptors (Lipinski definition) is 4. The third-order valence-corrected chi connectivity index (χ3v) is 3.84. The van der Waals surface area contributed by atoms with E-state index in [4.69, 9.17) is 0 Å². The zero-order valence-electron chi connectivity index (χ0n) is 11.8. The minimum absolute atomic E-state index is 0.000205. The van der Waals surface area contributed by atoms with E-state index < -0.39 is 12.7 Å². The van der Waals surface area contributed by atoms with Gasteiger partial charge >= 0.3 is 6.18 Å². The van der Waals surface area contributed by atoms with Gasteiger partial charge in [-0.2, -0.15) is 13.2 Å². The molecule has 1 aliphatic heterocycles. The van der Waals surface area contributed by atoms with Gasteiger partial charge in [-0.1, -0.05) is 6.07 Å². The molecule has 1 heterocycles. The van der Waals surface area contributed by atoms with Crippen molar-refractivity contribution in [2.45, 2.75) is 19.1 Å². The molecule has 0 aliphatic carbocycles. The SMILES string of the molecule is CC(c1c(O)cccc1O)N1CCN(CC(F)(F)F)CC1. The van der Waals surface area contributed by atoms with Gasteiger partial charge in [0.2, 0.25) is 0 Å². The number of nitrogens with zero attached hydrogens (tertiary/aromatic N) is 2. The van der Waals surface area contributed by atoms with Crippen LogP contribution in [0.4, 0.5) is 13.2 Å². The normalized spacial score (nSPS) is 19.6. The van der Waals surface area contributed by atoms with Crippen LogP contribution in [-0.4, -0.2) is 58.9 Å². The van der Waals surface area contributed by atoms with Crippen LogP contribution in [0.5, 0.6) is 11.5 Å². The second-order valence-corrected chi connectivity index (χ2v) is 5.31. The second-order valence-electron chi connectivity index (χ2n) is 5.31. The van der Waals surface area contributed by atoms with Crippen LogP contribution in [0.15, 0.2) is 18.2 Å². The zero-order chi connectivity index (χ0) is 15.6. The molecule has 0 bridgehead atoms. The molecule has 0 amide bonds. The van der Waals surface area contributed by atoms with Gasteiger partial charge in [0.25, 0.3) is 0 Å². The maximum Gasteiger partial charge on any atom is 0.401 e. The molecular formula is C14H19F3N2O2. The monoisotopic (exact) mass is 304 g/mol. The number of phenols is 2. The van der Waals surface area contributed by atoms with E-state index in [0.29, 0.717) is 31.7 Å². The Kier molecular flexibility index (Phi) is 4.63. The van der Waals surface area contributed by atoms with Crippen LogP contribution in [0.1, 0.15) is 18.5 Å². The van der Waals surface area contributed by atoms with E-state index in [1.807, 2.05) is 11.8 Å². The Labute approximate surface area is 121 Å². The van der Waals surface area contributed by atoms with E-state index in [1.165, 1.54) is 17.0 Å². The lowest BCUT2D eigenvalue weighted by atomic mass is 10.0. The van der Waals surface area contributed by atoms with Crippen molar-refractivity contribution in [2.75, 3.05) is 32.7 Å². The number of benzene rings is 1. The van der Waals surface area contributed by atoms with Gasteiger partial charge in [0.15, 0.2) is 0 Å². The van der Waals surface area contributed by atoms with Crippen LogP contribution >= 0.6 is 0 Å². The summed E-state index contributed by atoms with van der Waals surface area (Å²) in [6, 6.07) is 4.28. The molecular weight excluding hydrogens is 285 g/mol. The number of piperazine rings is 1. The molecule has 4 nitrogen and oxygen atoms in total. The van der Waals surface area contributed by atoms with E-state index in [2.05, 4.69) is 0 Å². The van der Waals surface area contributed by atoms with Crippen LogP contribution in [0, 0.1) is 0 Å². The molecule has 1 aromatic rings. The minimum atomic E-state index is -4.18. The predicted molar refractivity (Wildman–Crippen MR) is 72.3 cm³/mol. The van der Waals surface area contributed by atoms with Crippen LogP contribution < -0.4 is 0 Å². The summed E-state index contributed by atoms with van der Waals surface area (Å²) >= 11 is 0. The predicted octanol–water partition coefficient (Wildman–Crippen LogP) is 2.34. The van der Waals surface area contributed by atoms with Crippen LogP contribution in [0.25, 0.3) is 0 Å². The van der Waals surface area contributed by atoms with Crippen molar-refractivity contribution >= 4 is 0 Å². The summed E-state index contributed by atoms with van der Waals surface area (Å²) in [4.78, 5) is 3.33. The molecule has 2 rings (SSSR count). The Bertz CT molecular complexity index is 465. The summed E-state index contributed by atoms with van der Waals surface area (Å²) in [5.41, 5.74) is 0.418. The number of alkyl halides is 3. The van der Waals surface area contributed by atoms with Gasteiger partial charge in [-0.3, -0.25) is 9.80 Å². The van der Waals surface area contributed by atoms with Crippen molar-refractivity contribution in [1.82, 2.24) is 9.80 Å². The van der Waals surface area contributed by atoms with Gasteiger partial charge in [-0.25, -0.2) is 0 Å². The molecule has 2 N–H and O–H groups in total. The minimum Gasteiger partial charge on any atom is -0.507 e. The number of aromatic hydroxyl groups is 2. The average Bonchev–Trinajstić information content (AvgIpc) is 2.37. The summed E-state index contributed by atoms with van der Waals surface area (Å²) in [5, 5.41) is 19.7. The van der Waals surface area contributed by atoms with Gasteiger partial charge in [-0.15, -0.1) is 0 Å². The molecule has 0 radical (unpaired) electrons. The highest BCUT2D eigenvalue weighted by Gasteiger charge is 2.33. The molecule has 0 aromatic heterocycles. The van der Waals surface area contributed by atoms with Crippen molar-refractivity contribution in [3.05, 3.63) is 23.8 Å². The quantitative estimate of drug-likeness (QED) is 0.900. The van der Waals surface area contributed by atoms with Crippen LogP contribution in [0.2, 0.25) is 0 Å². The van der Waals surface area contributed by atoms with E-state index in [9.17, 15) is 23.4 Å². The summed E-state index contributed by atoms with van der Waals surface area (Å²) in [6.07, 6.45) is -4.18. The third-order valence-electron chi connectivity index (χ3n) is 3.84. The molecule has 1 aliphatic rings. The van der Waals surface area contributed by atoms with Crippen molar-refractivity contribution in [3.63, 3.8) is 0 Å². The van der Waals surface area contributed by atoms with Gasteiger partial charge in [0, 0.05) is 32.2 Å². The number of halogens is 3. The number of phenolic OH excluding ortho intramolecular Hbond substituents is 2. The van der Waals surface area contributed by atoms with E-state index in [1.54, 1.807) is 6.07 Å². The first-order valence-electron chi connectivity index (χ1n) is 6.82. The number of hydrogen-bond donors (Lipinski definition) is 2. The van der Waals surface area contributed by atoms with Crippen LogP contribution in [0.3, 0.4) is 0 Å². The summed E-state index contributed by atoms with van der Waals surface area (Å²) in [6.45, 7) is 2.50. The van der Waals surface area contributed by atoms with E-state index in [-0.39, 0.29) is 17.5 Å². The van der Waals surface area contributed by atoms with Gasteiger partial charge in [-0.05, 0) is 19.1 Å². The molecule has 1 saturated heterocycles. The lowest BCUT2D eigenvalue weighted by Gasteiger charge is -2.38. The van der Waals surface area contributed by atoms with Gasteiger partial charge < -0.3 is 10.2 Å². The molecule has 21 heavy (non-hydrogen) atoms. The highest BCUT2D eigenvalue weighted by molar-refractivity contribution is 5.45. The largest absolute Gasteiger partial charge is 0.507 e. The van der Waals surface area contributed by atoms with E-state index >= 15 is 0 Å². The van der Waals surface area contributed by atoms with E-state index in [0.717, 1.165) is 0 Å². The maximum absolute atomic E-state index is 12.3. The lowest BCUT2D eigenvalue weighted by molar-refractivity contribution is -0.149. The fraction of sp³-hybridized carbons (Fsp3) is 0.571. The second kappa shape index (κ2) is 6.11. The first kappa shape index (κ1) is 15.9. The highest BCUT2D eigenvalue weighted by atomic mass is 19.4. The summed E-state index contributed by atoms with van der Waals surface area (Å²) < 4.78 is 37.0. The van der Waals surface area contributed by atoms with Gasteiger partial charge in [0.1, 0.15) is 11.5 Å². The third kappa shape index (κ3) is 4.01. The Morgan fingerprint density at radius 3 is 2.10 bits per heavy atom. The van der Waals surface area contributed by atoms with Crippen molar-refractivity contribution in [3.8, 4) is 11.5 Å². The van der Waals surface area contributed by atoms with Crippen molar-refractivity contribution in [2.24, 2.45) is 0 Å². The molecule has 0 spiro atoms. The summed E-state index contributed by atoms with van der Waals surface area (Å²) in [5.74, 6) is 0.000409. The topological polar surface area (TPSA) is 46.9 Å². The average molecular weight is 304 g/mol. The fourth-order valence-electron chi connectivity index (χ4n) is 2.71. The summed E-state index contributed by atoms with van der Waals surface area (Å²) in [7, 11) is 0. The highest BCUT2D eigenvalue weighted by Crippen LogP contribution is 2.35. The fourth-order valence-corrected chi connectivity index (χ4v) is 2.71. The smallest absolute Gasteiger partial charge is 0.401 e. The van der Waals surface area contributed by atoms with Crippen molar-refractivity contribution in [1.29, 1.82) is 0 Å². The first-order chi connectivity index (χ1) is 9.78. The molecule has 1 atom stereocenters. The molecule has 0 saturated carbocycles. The van der Waals surface area contributed by atoms with Gasteiger partial charge in [0.05, 0.1) is 12.1 Å². The zero-order valence-corrected chi connectivity index (χ0v) is 11.8. The maximum atomic E-state index is 12.3. The number of rotatable bonds is 3. The molecule has 1 aromatic carbocycles. The Hall–Kier alpha value is -1.47. The molecule has 7 heteroatoms. The molecule has 1 fully saturated rings. The molecule has 1 unspecified atom stereocenters. The lowest BCUT2D eigenvalue weighted by Crippen LogP contribution is -2.49. The molecule has 118 valence electrons. The standard InChI is InChI=1S/C14H19F3N2O2/c1-10(13-11(20)3-2-4-12(13)21)19-7-5-18(6-8-19)9-14(15,16)17/h2-4,10,20-21H,5-9H2,1H3.